The van der Waals surface area contributed by atoms with Gasteiger partial charge in [-0.05, 0) is 35.1 Å². The normalized spacial score (nSPS) is 27.9. The standard InChI is InChI=1S/C12H19N5O/c18-12(8-17-9-13-14-15-17)16-6-5-10-3-1-2-4-11(10)7-16/h9-11H,1-8H2/t10-,11-/m1/s1. The number of carbonyl (C=O) groups is 1. The van der Waals surface area contributed by atoms with Crippen LogP contribution in [-0.4, -0.2) is 44.1 Å². The molecule has 1 aromatic heterocycles. The van der Waals surface area contributed by atoms with E-state index in [1.54, 1.807) is 0 Å². The Morgan fingerprint density at radius 3 is 2.83 bits per heavy atom. The maximum absolute atomic E-state index is 12.1. The van der Waals surface area contributed by atoms with Crippen LogP contribution in [0.1, 0.15) is 32.1 Å². The Bertz CT molecular complexity index is 405. The lowest BCUT2D eigenvalue weighted by molar-refractivity contribution is -0.135. The van der Waals surface area contributed by atoms with Gasteiger partial charge in [0.1, 0.15) is 12.9 Å². The fraction of sp³-hybridized carbons (Fsp3) is 0.833. The van der Waals surface area contributed by atoms with Crippen molar-refractivity contribution in [2.24, 2.45) is 11.8 Å². The van der Waals surface area contributed by atoms with E-state index in [2.05, 4.69) is 15.5 Å². The maximum Gasteiger partial charge on any atom is 0.244 e. The summed E-state index contributed by atoms with van der Waals surface area (Å²) in [6.07, 6.45) is 8.02. The van der Waals surface area contributed by atoms with Gasteiger partial charge in [-0.2, -0.15) is 0 Å². The quantitative estimate of drug-likeness (QED) is 0.774. The number of rotatable bonds is 2. The first kappa shape index (κ1) is 11.6. The number of aromatic nitrogens is 4. The summed E-state index contributed by atoms with van der Waals surface area (Å²) < 4.78 is 1.50. The van der Waals surface area contributed by atoms with Crippen molar-refractivity contribution < 1.29 is 4.79 Å². The van der Waals surface area contributed by atoms with Crippen LogP contribution >= 0.6 is 0 Å². The third-order valence-electron chi connectivity index (χ3n) is 4.33. The highest BCUT2D eigenvalue weighted by Gasteiger charge is 2.32. The third kappa shape index (κ3) is 2.37. The summed E-state index contributed by atoms with van der Waals surface area (Å²) in [5, 5.41) is 10.8. The molecule has 0 radical (unpaired) electrons. The lowest BCUT2D eigenvalue weighted by atomic mass is 9.75. The first-order valence-electron chi connectivity index (χ1n) is 6.81. The molecule has 0 unspecified atom stereocenters. The van der Waals surface area contributed by atoms with E-state index in [0.717, 1.165) is 24.9 Å². The van der Waals surface area contributed by atoms with Gasteiger partial charge in [-0.25, -0.2) is 4.68 Å². The molecule has 6 nitrogen and oxygen atoms in total. The minimum absolute atomic E-state index is 0.145. The van der Waals surface area contributed by atoms with Gasteiger partial charge in [-0.15, -0.1) is 5.10 Å². The van der Waals surface area contributed by atoms with Gasteiger partial charge in [0, 0.05) is 13.1 Å². The zero-order chi connectivity index (χ0) is 12.4. The molecule has 2 heterocycles. The molecular formula is C12H19N5O. The first-order chi connectivity index (χ1) is 8.83. The summed E-state index contributed by atoms with van der Waals surface area (Å²) >= 11 is 0. The third-order valence-corrected chi connectivity index (χ3v) is 4.33. The topological polar surface area (TPSA) is 63.9 Å². The van der Waals surface area contributed by atoms with Crippen LogP contribution in [0.2, 0.25) is 0 Å². The van der Waals surface area contributed by atoms with E-state index in [9.17, 15) is 4.79 Å². The molecular weight excluding hydrogens is 230 g/mol. The Labute approximate surface area is 106 Å². The Morgan fingerprint density at radius 1 is 1.22 bits per heavy atom. The second-order valence-electron chi connectivity index (χ2n) is 5.44. The Morgan fingerprint density at radius 2 is 2.06 bits per heavy atom. The zero-order valence-electron chi connectivity index (χ0n) is 10.5. The Balaban J connectivity index is 1.58. The molecule has 1 aromatic rings. The van der Waals surface area contributed by atoms with Crippen molar-refractivity contribution in [3.8, 4) is 0 Å². The summed E-state index contributed by atoms with van der Waals surface area (Å²) in [4.78, 5) is 14.1. The summed E-state index contributed by atoms with van der Waals surface area (Å²) in [6, 6.07) is 0. The molecule has 1 saturated carbocycles. The molecule has 2 fully saturated rings. The van der Waals surface area contributed by atoms with Gasteiger partial charge in [0.25, 0.3) is 0 Å². The lowest BCUT2D eigenvalue weighted by Gasteiger charge is -2.41. The Kier molecular flexibility index (Phi) is 3.25. The molecule has 1 aliphatic carbocycles. The van der Waals surface area contributed by atoms with Crippen LogP contribution in [-0.2, 0) is 11.3 Å². The van der Waals surface area contributed by atoms with Crippen molar-refractivity contribution >= 4 is 5.91 Å². The second kappa shape index (κ2) is 5.04. The summed E-state index contributed by atoms with van der Waals surface area (Å²) in [5.74, 6) is 1.73. The van der Waals surface area contributed by atoms with Crippen molar-refractivity contribution in [2.75, 3.05) is 13.1 Å². The molecule has 2 atom stereocenters. The van der Waals surface area contributed by atoms with E-state index in [1.165, 1.54) is 43.1 Å². The molecule has 6 heteroatoms. The van der Waals surface area contributed by atoms with Crippen LogP contribution in [0.3, 0.4) is 0 Å². The highest BCUT2D eigenvalue weighted by molar-refractivity contribution is 5.76. The first-order valence-corrected chi connectivity index (χ1v) is 6.81. The predicted octanol–water partition coefficient (Wildman–Crippen LogP) is 0.712. The van der Waals surface area contributed by atoms with Crippen LogP contribution in [0.15, 0.2) is 6.33 Å². The molecule has 0 N–H and O–H groups in total. The highest BCUT2D eigenvalue weighted by atomic mass is 16.2. The number of amides is 1. The number of hydrogen-bond acceptors (Lipinski definition) is 4. The lowest BCUT2D eigenvalue weighted by Crippen LogP contribution is -2.45. The van der Waals surface area contributed by atoms with Crippen LogP contribution in [0, 0.1) is 11.8 Å². The summed E-state index contributed by atoms with van der Waals surface area (Å²) in [6.45, 7) is 2.11. The molecule has 0 bridgehead atoms. The van der Waals surface area contributed by atoms with Crippen molar-refractivity contribution in [3.05, 3.63) is 6.33 Å². The molecule has 98 valence electrons. The molecule has 3 rings (SSSR count). The van der Waals surface area contributed by atoms with Gasteiger partial charge < -0.3 is 4.90 Å². The van der Waals surface area contributed by atoms with E-state index in [-0.39, 0.29) is 12.5 Å². The Hall–Kier alpha value is -1.46. The highest BCUT2D eigenvalue weighted by Crippen LogP contribution is 2.35. The van der Waals surface area contributed by atoms with E-state index in [4.69, 9.17) is 0 Å². The number of nitrogens with zero attached hydrogens (tertiary/aromatic N) is 5. The van der Waals surface area contributed by atoms with E-state index >= 15 is 0 Å². The SMILES string of the molecule is O=C(Cn1cnnn1)N1CC[C@H]2CCCC[C@@H]2C1. The smallest absolute Gasteiger partial charge is 0.244 e. The number of fused-ring (bicyclic) bond motifs is 1. The maximum atomic E-state index is 12.1. The number of carbonyl (C=O) groups excluding carboxylic acids is 1. The summed E-state index contributed by atoms with van der Waals surface area (Å²) in [7, 11) is 0. The molecule has 1 saturated heterocycles. The average molecular weight is 249 g/mol. The molecule has 1 amide bonds. The average Bonchev–Trinajstić information content (AvgIpc) is 2.91. The number of likely N-dealkylation sites (tertiary alicyclic amines) is 1. The van der Waals surface area contributed by atoms with E-state index in [1.807, 2.05) is 4.90 Å². The minimum Gasteiger partial charge on any atom is -0.341 e. The van der Waals surface area contributed by atoms with E-state index < -0.39 is 0 Å². The predicted molar refractivity (Wildman–Crippen MR) is 64.5 cm³/mol. The largest absolute Gasteiger partial charge is 0.341 e. The van der Waals surface area contributed by atoms with Gasteiger partial charge in [-0.1, -0.05) is 19.3 Å². The number of piperidine rings is 1. The van der Waals surface area contributed by atoms with E-state index in [0.29, 0.717) is 0 Å². The van der Waals surface area contributed by atoms with Gasteiger partial charge in [0.05, 0.1) is 0 Å². The number of tetrazole rings is 1. The fourth-order valence-electron chi connectivity index (χ4n) is 3.32. The number of hydrogen-bond donors (Lipinski definition) is 0. The van der Waals surface area contributed by atoms with Crippen LogP contribution in [0.4, 0.5) is 0 Å². The molecule has 2 aliphatic rings. The molecule has 1 aliphatic heterocycles. The molecule has 0 aromatic carbocycles. The fourth-order valence-corrected chi connectivity index (χ4v) is 3.32. The summed E-state index contributed by atoms with van der Waals surface area (Å²) in [5.41, 5.74) is 0. The van der Waals surface area contributed by atoms with Crippen LogP contribution in [0.25, 0.3) is 0 Å². The van der Waals surface area contributed by atoms with Crippen molar-refractivity contribution in [1.82, 2.24) is 25.1 Å². The molecule has 0 spiro atoms. The molecule has 18 heavy (non-hydrogen) atoms. The second-order valence-corrected chi connectivity index (χ2v) is 5.44. The minimum atomic E-state index is 0.145. The van der Waals surface area contributed by atoms with Gasteiger partial charge in [-0.3, -0.25) is 4.79 Å². The van der Waals surface area contributed by atoms with Gasteiger partial charge in [0.15, 0.2) is 0 Å². The monoisotopic (exact) mass is 249 g/mol. The van der Waals surface area contributed by atoms with Crippen molar-refractivity contribution in [2.45, 2.75) is 38.6 Å². The van der Waals surface area contributed by atoms with Crippen LogP contribution in [0.5, 0.6) is 0 Å². The van der Waals surface area contributed by atoms with Gasteiger partial charge >= 0.3 is 0 Å². The van der Waals surface area contributed by atoms with Crippen molar-refractivity contribution in [3.63, 3.8) is 0 Å². The zero-order valence-corrected chi connectivity index (χ0v) is 10.5. The van der Waals surface area contributed by atoms with Crippen LogP contribution < -0.4 is 0 Å². The van der Waals surface area contributed by atoms with Crippen molar-refractivity contribution in [1.29, 1.82) is 0 Å². The van der Waals surface area contributed by atoms with Gasteiger partial charge in [0.2, 0.25) is 5.91 Å².